The highest BCUT2D eigenvalue weighted by molar-refractivity contribution is 8.06. The van der Waals surface area contributed by atoms with Gasteiger partial charge in [-0.25, -0.2) is 0 Å². The fourth-order valence-electron chi connectivity index (χ4n) is 7.53. The van der Waals surface area contributed by atoms with Crippen molar-refractivity contribution in [2.24, 2.45) is 11.8 Å². The lowest BCUT2D eigenvalue weighted by molar-refractivity contribution is 0.251. The van der Waals surface area contributed by atoms with Crippen LogP contribution in [0.2, 0.25) is 0 Å². The number of aromatic hydroxyl groups is 1. The van der Waals surface area contributed by atoms with Crippen molar-refractivity contribution >= 4 is 33.7 Å². The van der Waals surface area contributed by atoms with Crippen LogP contribution in [-0.2, 0) is 19.3 Å². The third kappa shape index (κ3) is 8.47. The Morgan fingerprint density at radius 1 is 0.957 bits per heavy atom. The van der Waals surface area contributed by atoms with Crippen molar-refractivity contribution in [3.05, 3.63) is 111 Å². The molecule has 0 spiro atoms. The largest absolute Gasteiger partial charge is 0.507 e. The summed E-state index contributed by atoms with van der Waals surface area (Å²) in [5, 5.41) is 14.0. The van der Waals surface area contributed by atoms with Crippen molar-refractivity contribution in [2.45, 2.75) is 106 Å². The summed E-state index contributed by atoms with van der Waals surface area (Å²) < 4.78 is 0. The lowest BCUT2D eigenvalue weighted by Gasteiger charge is -2.34. The number of hydrogen-bond donors (Lipinski definition) is 1. The highest BCUT2D eigenvalue weighted by Gasteiger charge is 2.23. The molecule has 1 aliphatic heterocycles. The Morgan fingerprint density at radius 3 is 2.36 bits per heavy atom. The van der Waals surface area contributed by atoms with Crippen molar-refractivity contribution in [3.8, 4) is 5.75 Å². The van der Waals surface area contributed by atoms with Gasteiger partial charge in [0.25, 0.3) is 0 Å². The van der Waals surface area contributed by atoms with Gasteiger partial charge in [-0.05, 0) is 164 Å². The maximum atomic E-state index is 11.6. The number of phenolic OH excluding ortho intramolecular Hbond substituents is 1. The van der Waals surface area contributed by atoms with Gasteiger partial charge in [0.2, 0.25) is 0 Å². The smallest absolute Gasteiger partial charge is 0.126 e. The third-order valence-electron chi connectivity index (χ3n) is 10.9. The number of phenols is 1. The number of hydrogen-bond acceptors (Lipinski definition) is 3. The van der Waals surface area contributed by atoms with E-state index in [1.807, 2.05) is 0 Å². The molecule has 1 aliphatic carbocycles. The van der Waals surface area contributed by atoms with Crippen molar-refractivity contribution in [3.63, 3.8) is 0 Å². The first kappa shape index (κ1) is 35.1. The van der Waals surface area contributed by atoms with Gasteiger partial charge in [0.1, 0.15) is 5.75 Å². The molecule has 3 aromatic rings. The number of allylic oxidation sites excluding steroid dienone is 6. The molecule has 2 aliphatic rings. The molecule has 0 bridgehead atoms. The summed E-state index contributed by atoms with van der Waals surface area (Å²) in [6.45, 7) is 23.9. The Labute approximate surface area is 289 Å². The fourth-order valence-corrected chi connectivity index (χ4v) is 8.59. The van der Waals surface area contributed by atoms with E-state index in [2.05, 4.69) is 108 Å². The molecule has 1 saturated heterocycles. The number of piperidine rings is 1. The summed E-state index contributed by atoms with van der Waals surface area (Å²) in [5.74, 6) is 1.79. The second kappa shape index (κ2) is 15.8. The molecule has 5 rings (SSSR count). The predicted octanol–water partition coefficient (Wildman–Crippen LogP) is 12.4. The average Bonchev–Trinajstić information content (AvgIpc) is 3.29. The van der Waals surface area contributed by atoms with Gasteiger partial charge in [0.05, 0.1) is 0 Å². The summed E-state index contributed by atoms with van der Waals surface area (Å²) in [6, 6.07) is 16.3. The number of benzene rings is 3. The third-order valence-corrected chi connectivity index (χ3v) is 12.1. The van der Waals surface area contributed by atoms with Crippen LogP contribution >= 0.6 is 11.8 Å². The molecule has 1 unspecified atom stereocenters. The van der Waals surface area contributed by atoms with E-state index in [1.54, 1.807) is 11.8 Å². The maximum Gasteiger partial charge on any atom is 0.126 e. The lowest BCUT2D eigenvalue weighted by Crippen LogP contribution is -2.32. The van der Waals surface area contributed by atoms with Crippen molar-refractivity contribution < 1.29 is 5.11 Å². The van der Waals surface area contributed by atoms with Gasteiger partial charge in [0.15, 0.2) is 0 Å². The molecular formula is C44H57NOS. The van der Waals surface area contributed by atoms with Gasteiger partial charge < -0.3 is 10.0 Å². The summed E-state index contributed by atoms with van der Waals surface area (Å²) in [5.41, 5.74) is 11.4. The van der Waals surface area contributed by atoms with Gasteiger partial charge in [0, 0.05) is 29.9 Å². The molecule has 47 heavy (non-hydrogen) atoms. The molecule has 3 heteroatoms. The van der Waals surface area contributed by atoms with E-state index >= 15 is 0 Å². The van der Waals surface area contributed by atoms with Crippen molar-refractivity contribution in [2.75, 3.05) is 13.1 Å². The van der Waals surface area contributed by atoms with Crippen LogP contribution in [0.1, 0.15) is 113 Å². The highest BCUT2D eigenvalue weighted by Crippen LogP contribution is 2.43. The van der Waals surface area contributed by atoms with Crippen LogP contribution in [0.4, 0.5) is 0 Å². The topological polar surface area (TPSA) is 23.5 Å². The first-order valence-corrected chi connectivity index (χ1v) is 18.9. The Kier molecular flexibility index (Phi) is 11.8. The van der Waals surface area contributed by atoms with Gasteiger partial charge in [-0.3, -0.25) is 0 Å². The van der Waals surface area contributed by atoms with Crippen molar-refractivity contribution in [1.29, 1.82) is 0 Å². The zero-order valence-corrected chi connectivity index (χ0v) is 30.8. The van der Waals surface area contributed by atoms with E-state index in [0.29, 0.717) is 11.7 Å². The molecule has 0 saturated carbocycles. The SMILES string of the molecule is C=C(S/C(C)=C(\C)c1cc2cc(C)c(CCCc3ccc(C4=CCCC(C)CC4)cc3)cc2c(CC)c1O)C1CCN(C(=C)C)CC1. The molecule has 1 fully saturated rings. The number of aryl methyl sites for hydroxylation is 4. The zero-order chi connectivity index (χ0) is 33.7. The van der Waals surface area contributed by atoms with E-state index in [4.69, 9.17) is 0 Å². The lowest BCUT2D eigenvalue weighted by atomic mass is 9.90. The molecule has 2 nitrogen and oxygen atoms in total. The normalized spacial score (nSPS) is 18.1. The summed E-state index contributed by atoms with van der Waals surface area (Å²) in [6.07, 6.45) is 13.8. The number of likely N-dealkylation sites (tertiary alicyclic amines) is 1. The maximum absolute atomic E-state index is 11.6. The summed E-state index contributed by atoms with van der Waals surface area (Å²) in [7, 11) is 0. The van der Waals surface area contributed by atoms with Crippen LogP contribution in [0, 0.1) is 18.8 Å². The van der Waals surface area contributed by atoms with Gasteiger partial charge in [-0.1, -0.05) is 81.2 Å². The van der Waals surface area contributed by atoms with Gasteiger partial charge in [-0.15, -0.1) is 0 Å². The predicted molar refractivity (Wildman–Crippen MR) is 208 cm³/mol. The first-order valence-electron chi connectivity index (χ1n) is 18.1. The number of thioether (sulfide) groups is 1. The molecule has 1 N–H and O–H groups in total. The minimum absolute atomic E-state index is 0.436. The van der Waals surface area contributed by atoms with Crippen LogP contribution in [0.5, 0.6) is 5.75 Å². The average molecular weight is 648 g/mol. The molecule has 250 valence electrons. The molecular weight excluding hydrogens is 591 g/mol. The van der Waals surface area contributed by atoms with E-state index < -0.39 is 0 Å². The minimum Gasteiger partial charge on any atom is -0.507 e. The van der Waals surface area contributed by atoms with Gasteiger partial charge >= 0.3 is 0 Å². The van der Waals surface area contributed by atoms with Gasteiger partial charge in [-0.2, -0.15) is 0 Å². The van der Waals surface area contributed by atoms with Crippen LogP contribution in [0.3, 0.4) is 0 Å². The molecule has 0 amide bonds. The Bertz CT molecular complexity index is 1670. The van der Waals surface area contributed by atoms with Crippen LogP contribution in [0.15, 0.2) is 77.2 Å². The highest BCUT2D eigenvalue weighted by atomic mass is 32.2. The van der Waals surface area contributed by atoms with Crippen LogP contribution in [0.25, 0.3) is 21.9 Å². The Balaban J connectivity index is 1.27. The van der Waals surface area contributed by atoms with E-state index in [0.717, 1.165) is 79.9 Å². The first-order chi connectivity index (χ1) is 22.5. The zero-order valence-electron chi connectivity index (χ0n) is 30.0. The Morgan fingerprint density at radius 2 is 1.68 bits per heavy atom. The fraction of sp³-hybridized carbons (Fsp3) is 0.455. The van der Waals surface area contributed by atoms with E-state index in [-0.39, 0.29) is 0 Å². The number of fused-ring (bicyclic) bond motifs is 1. The summed E-state index contributed by atoms with van der Waals surface area (Å²) >= 11 is 1.80. The van der Waals surface area contributed by atoms with Crippen LogP contribution < -0.4 is 0 Å². The molecule has 0 radical (unpaired) electrons. The van der Waals surface area contributed by atoms with Crippen molar-refractivity contribution in [1.82, 2.24) is 4.90 Å². The summed E-state index contributed by atoms with van der Waals surface area (Å²) in [4.78, 5) is 4.84. The standard InChI is InChI=1S/C44H57NOS/c1-9-41-43-27-39(15-11-13-35-17-20-38(21-18-35)37-14-10-12-30(4)16-19-37)31(5)26-40(43)28-42(44(41)46)32(6)33(7)47-34(8)36-22-24-45(25-23-36)29(2)3/h14,17-18,20-21,26-28,30,36,46H,2,8-13,15-16,19,22-25H2,1,3-7H3/b33-32+. The number of rotatable bonds is 11. The second-order valence-electron chi connectivity index (χ2n) is 14.4. The van der Waals surface area contributed by atoms with E-state index in [9.17, 15) is 5.11 Å². The monoisotopic (exact) mass is 647 g/mol. The molecule has 3 aromatic carbocycles. The van der Waals surface area contributed by atoms with E-state index in [1.165, 1.54) is 74.1 Å². The van der Waals surface area contributed by atoms with Crippen LogP contribution in [-0.4, -0.2) is 23.1 Å². The molecule has 1 atom stereocenters. The second-order valence-corrected chi connectivity index (χ2v) is 15.7. The number of nitrogens with zero attached hydrogens (tertiary/aromatic N) is 1. The molecule has 1 heterocycles. The quantitative estimate of drug-likeness (QED) is 0.224. The minimum atomic E-state index is 0.436. The molecule has 0 aromatic heterocycles. The Hall–Kier alpha value is -3.17.